The fraction of sp³-hybridized carbons (Fsp3) is 0.556. The zero-order chi connectivity index (χ0) is 18.0. The molecule has 1 aromatic carbocycles. The normalized spacial score (nSPS) is 11.8. The quantitative estimate of drug-likeness (QED) is 0.404. The molecule has 0 aliphatic heterocycles. The van der Waals surface area contributed by atoms with Crippen LogP contribution in [-0.4, -0.2) is 38.6 Å². The molecule has 1 rings (SSSR count). The molecule has 1 aromatic rings. The van der Waals surface area contributed by atoms with E-state index in [-0.39, 0.29) is 11.3 Å². The Labute approximate surface area is 145 Å². The van der Waals surface area contributed by atoms with Crippen LogP contribution in [0.2, 0.25) is 0 Å². The van der Waals surface area contributed by atoms with Gasteiger partial charge in [0.05, 0.1) is 13.7 Å². The van der Waals surface area contributed by atoms with Gasteiger partial charge in [0, 0.05) is 30.6 Å². The smallest absolute Gasteiger partial charge is 0.225 e. The Morgan fingerprint density at radius 3 is 2.42 bits per heavy atom. The van der Waals surface area contributed by atoms with Crippen LogP contribution in [0.15, 0.2) is 29.3 Å². The Morgan fingerprint density at radius 1 is 1.12 bits per heavy atom. The van der Waals surface area contributed by atoms with E-state index >= 15 is 0 Å². The second kappa shape index (κ2) is 9.80. The number of rotatable bonds is 7. The van der Waals surface area contributed by atoms with Crippen LogP contribution >= 0.6 is 0 Å². The summed E-state index contributed by atoms with van der Waals surface area (Å²) in [6.45, 7) is 10.2. The number of aliphatic imine (C=N–C) groups is 1. The van der Waals surface area contributed by atoms with E-state index in [4.69, 9.17) is 4.74 Å². The fourth-order valence-electron chi connectivity index (χ4n) is 1.96. The van der Waals surface area contributed by atoms with Crippen molar-refractivity contribution >= 4 is 11.9 Å². The zero-order valence-electron chi connectivity index (χ0n) is 15.4. The number of benzene rings is 1. The largest absolute Gasteiger partial charge is 0.496 e. The van der Waals surface area contributed by atoms with Crippen LogP contribution in [0.5, 0.6) is 5.75 Å². The molecule has 0 unspecified atom stereocenters. The lowest BCUT2D eigenvalue weighted by Crippen LogP contribution is -2.43. The van der Waals surface area contributed by atoms with E-state index in [0.29, 0.717) is 25.6 Å². The molecule has 1 amide bonds. The SMILES string of the molecule is CCNC(=NCc1ccccc1OC)NCCNC(=O)C(C)(C)C. The topological polar surface area (TPSA) is 74.8 Å². The highest BCUT2D eigenvalue weighted by molar-refractivity contribution is 5.81. The maximum atomic E-state index is 11.8. The first-order valence-corrected chi connectivity index (χ1v) is 8.31. The number of methoxy groups -OCH3 is 1. The summed E-state index contributed by atoms with van der Waals surface area (Å²) in [5.74, 6) is 1.59. The van der Waals surface area contributed by atoms with Gasteiger partial charge >= 0.3 is 0 Å². The van der Waals surface area contributed by atoms with Crippen LogP contribution < -0.4 is 20.7 Å². The van der Waals surface area contributed by atoms with Crippen molar-refractivity contribution in [2.45, 2.75) is 34.2 Å². The van der Waals surface area contributed by atoms with Gasteiger partial charge in [-0.1, -0.05) is 39.0 Å². The number of guanidine groups is 1. The summed E-state index contributed by atoms with van der Waals surface area (Å²) in [6, 6.07) is 7.83. The van der Waals surface area contributed by atoms with Crippen LogP contribution in [0.3, 0.4) is 0 Å². The molecule has 0 atom stereocenters. The van der Waals surface area contributed by atoms with Crippen LogP contribution in [-0.2, 0) is 11.3 Å². The number of carbonyl (C=O) groups excluding carboxylic acids is 1. The summed E-state index contributed by atoms with van der Waals surface area (Å²) in [7, 11) is 1.66. The molecule has 6 heteroatoms. The molecule has 0 saturated carbocycles. The predicted molar refractivity (Wildman–Crippen MR) is 98.3 cm³/mol. The minimum absolute atomic E-state index is 0.0419. The van der Waals surface area contributed by atoms with Crippen molar-refractivity contribution in [2.24, 2.45) is 10.4 Å². The molecule has 0 aliphatic carbocycles. The molecule has 0 saturated heterocycles. The number of nitrogens with zero attached hydrogens (tertiary/aromatic N) is 1. The number of hydrogen-bond acceptors (Lipinski definition) is 3. The van der Waals surface area contributed by atoms with Gasteiger partial charge in [-0.3, -0.25) is 4.79 Å². The average molecular weight is 334 g/mol. The van der Waals surface area contributed by atoms with E-state index in [9.17, 15) is 4.79 Å². The lowest BCUT2D eigenvalue weighted by Gasteiger charge is -2.18. The highest BCUT2D eigenvalue weighted by Gasteiger charge is 2.20. The third-order valence-corrected chi connectivity index (χ3v) is 3.33. The summed E-state index contributed by atoms with van der Waals surface area (Å²) in [5.41, 5.74) is 0.654. The van der Waals surface area contributed by atoms with Crippen molar-refractivity contribution < 1.29 is 9.53 Å². The molecular weight excluding hydrogens is 304 g/mol. The van der Waals surface area contributed by atoms with E-state index in [1.807, 2.05) is 52.0 Å². The number of hydrogen-bond donors (Lipinski definition) is 3. The van der Waals surface area contributed by atoms with Gasteiger partial charge in [-0.15, -0.1) is 0 Å². The number of nitrogens with one attached hydrogen (secondary N) is 3. The first kappa shape index (κ1) is 19.8. The van der Waals surface area contributed by atoms with E-state index in [2.05, 4.69) is 20.9 Å². The summed E-state index contributed by atoms with van der Waals surface area (Å²) in [5, 5.41) is 9.32. The molecule has 0 bridgehead atoms. The molecular formula is C18H30N4O2. The Hall–Kier alpha value is -2.24. The van der Waals surface area contributed by atoms with Gasteiger partial charge in [-0.25, -0.2) is 4.99 Å². The molecule has 0 heterocycles. The van der Waals surface area contributed by atoms with Gasteiger partial charge < -0.3 is 20.7 Å². The molecule has 0 fully saturated rings. The molecule has 134 valence electrons. The van der Waals surface area contributed by atoms with Crippen LogP contribution in [0.25, 0.3) is 0 Å². The first-order valence-electron chi connectivity index (χ1n) is 8.31. The van der Waals surface area contributed by atoms with E-state index in [1.165, 1.54) is 0 Å². The van der Waals surface area contributed by atoms with Crippen molar-refractivity contribution in [3.63, 3.8) is 0 Å². The molecule has 6 nitrogen and oxygen atoms in total. The van der Waals surface area contributed by atoms with Gasteiger partial charge in [0.25, 0.3) is 0 Å². The molecule has 0 spiro atoms. The predicted octanol–water partition coefficient (Wildman–Crippen LogP) is 1.91. The fourth-order valence-corrected chi connectivity index (χ4v) is 1.96. The standard InChI is InChI=1S/C18H30N4O2/c1-6-19-17(21-12-11-20-16(23)18(2,3)4)22-13-14-9-7-8-10-15(14)24-5/h7-10H,6,11-13H2,1-5H3,(H,20,23)(H2,19,21,22). The maximum absolute atomic E-state index is 11.8. The summed E-state index contributed by atoms with van der Waals surface area (Å²) < 4.78 is 5.34. The van der Waals surface area contributed by atoms with Crippen molar-refractivity contribution in [3.05, 3.63) is 29.8 Å². The second-order valence-electron chi connectivity index (χ2n) is 6.44. The Balaban J connectivity index is 2.53. The molecule has 3 N–H and O–H groups in total. The van der Waals surface area contributed by atoms with E-state index in [0.717, 1.165) is 17.9 Å². The van der Waals surface area contributed by atoms with Gasteiger partial charge in [-0.05, 0) is 13.0 Å². The zero-order valence-corrected chi connectivity index (χ0v) is 15.4. The Bertz CT molecular complexity index is 550. The summed E-state index contributed by atoms with van der Waals surface area (Å²) in [6.07, 6.45) is 0. The lowest BCUT2D eigenvalue weighted by molar-refractivity contribution is -0.128. The van der Waals surface area contributed by atoms with Crippen molar-refractivity contribution in [1.29, 1.82) is 0 Å². The first-order chi connectivity index (χ1) is 11.4. The minimum atomic E-state index is -0.373. The number of carbonyl (C=O) groups is 1. The maximum Gasteiger partial charge on any atom is 0.225 e. The van der Waals surface area contributed by atoms with Crippen molar-refractivity contribution in [1.82, 2.24) is 16.0 Å². The van der Waals surface area contributed by atoms with Gasteiger partial charge in [-0.2, -0.15) is 0 Å². The molecule has 0 aliphatic rings. The third-order valence-electron chi connectivity index (χ3n) is 3.33. The molecule has 0 radical (unpaired) electrons. The van der Waals surface area contributed by atoms with E-state index < -0.39 is 0 Å². The van der Waals surface area contributed by atoms with Gasteiger partial charge in [0.15, 0.2) is 5.96 Å². The third kappa shape index (κ3) is 6.89. The number of amides is 1. The number of para-hydroxylation sites is 1. The highest BCUT2D eigenvalue weighted by atomic mass is 16.5. The Morgan fingerprint density at radius 2 is 1.79 bits per heavy atom. The van der Waals surface area contributed by atoms with Crippen LogP contribution in [0, 0.1) is 5.41 Å². The molecule has 24 heavy (non-hydrogen) atoms. The average Bonchev–Trinajstić information content (AvgIpc) is 2.55. The molecule has 0 aromatic heterocycles. The number of ether oxygens (including phenoxy) is 1. The van der Waals surface area contributed by atoms with Crippen LogP contribution in [0.1, 0.15) is 33.3 Å². The van der Waals surface area contributed by atoms with Gasteiger partial charge in [0.2, 0.25) is 5.91 Å². The van der Waals surface area contributed by atoms with Gasteiger partial charge in [0.1, 0.15) is 5.75 Å². The van der Waals surface area contributed by atoms with Crippen LogP contribution in [0.4, 0.5) is 0 Å². The minimum Gasteiger partial charge on any atom is -0.496 e. The summed E-state index contributed by atoms with van der Waals surface area (Å²) in [4.78, 5) is 16.4. The van der Waals surface area contributed by atoms with Crippen molar-refractivity contribution in [3.8, 4) is 5.75 Å². The highest BCUT2D eigenvalue weighted by Crippen LogP contribution is 2.17. The van der Waals surface area contributed by atoms with E-state index in [1.54, 1.807) is 7.11 Å². The van der Waals surface area contributed by atoms with Crippen molar-refractivity contribution in [2.75, 3.05) is 26.7 Å². The Kier molecular flexibility index (Phi) is 8.09. The lowest BCUT2D eigenvalue weighted by atomic mass is 9.96. The summed E-state index contributed by atoms with van der Waals surface area (Å²) >= 11 is 0. The second-order valence-corrected chi connectivity index (χ2v) is 6.44. The monoisotopic (exact) mass is 334 g/mol.